The van der Waals surface area contributed by atoms with Gasteiger partial charge in [0, 0.05) is 18.3 Å². The molecule has 26 heavy (non-hydrogen) atoms. The Bertz CT molecular complexity index is 772. The lowest BCUT2D eigenvalue weighted by Crippen LogP contribution is -2.37. The molecule has 0 unspecified atom stereocenters. The number of benzene rings is 2. The maximum Gasteiger partial charge on any atom is 0.260 e. The Balaban J connectivity index is 1.83. The van der Waals surface area contributed by atoms with Gasteiger partial charge in [-0.1, -0.05) is 25.1 Å². The topological polar surface area (TPSA) is 75.7 Å². The summed E-state index contributed by atoms with van der Waals surface area (Å²) in [5, 5.41) is 2.83. The molecule has 6 heteroatoms. The molecule has 0 bridgehead atoms. The van der Waals surface area contributed by atoms with Gasteiger partial charge in [-0.15, -0.1) is 0 Å². The summed E-state index contributed by atoms with van der Waals surface area (Å²) in [5.41, 5.74) is 2.33. The van der Waals surface area contributed by atoms with E-state index in [1.165, 1.54) is 4.90 Å². The van der Waals surface area contributed by atoms with Crippen molar-refractivity contribution in [2.75, 3.05) is 25.5 Å². The molecule has 2 rings (SSSR count). The number of likely N-dealkylation sites (N-methyl/N-ethyl adjacent to an activating group) is 1. The Kier molecular flexibility index (Phi) is 6.91. The summed E-state index contributed by atoms with van der Waals surface area (Å²) in [6.07, 6.45) is 1.54. The number of ether oxygens (including phenoxy) is 1. The van der Waals surface area contributed by atoms with Gasteiger partial charge in [0.25, 0.3) is 5.91 Å². The van der Waals surface area contributed by atoms with Crippen molar-refractivity contribution in [1.29, 1.82) is 0 Å². The number of hydrogen-bond donors (Lipinski definition) is 1. The Hall–Kier alpha value is -3.15. The van der Waals surface area contributed by atoms with E-state index in [-0.39, 0.29) is 25.0 Å². The van der Waals surface area contributed by atoms with Gasteiger partial charge in [-0.2, -0.15) is 0 Å². The second-order valence-electron chi connectivity index (χ2n) is 5.78. The molecule has 0 aromatic heterocycles. The van der Waals surface area contributed by atoms with E-state index in [0.717, 1.165) is 24.0 Å². The molecule has 0 aliphatic heterocycles. The molecule has 2 aromatic carbocycles. The first-order valence-electron chi connectivity index (χ1n) is 8.33. The molecule has 0 atom stereocenters. The van der Waals surface area contributed by atoms with Crippen molar-refractivity contribution in [2.24, 2.45) is 0 Å². The summed E-state index contributed by atoms with van der Waals surface area (Å²) in [6.45, 7) is 1.76. The van der Waals surface area contributed by atoms with Crippen molar-refractivity contribution in [3.8, 4) is 5.75 Å². The summed E-state index contributed by atoms with van der Waals surface area (Å²) in [5.74, 6) is -0.0980. The van der Waals surface area contributed by atoms with E-state index in [1.54, 1.807) is 31.3 Å². The van der Waals surface area contributed by atoms with E-state index in [1.807, 2.05) is 31.2 Å². The minimum absolute atomic E-state index is 0.0652. The summed E-state index contributed by atoms with van der Waals surface area (Å²) < 4.78 is 5.39. The largest absolute Gasteiger partial charge is 0.484 e. The van der Waals surface area contributed by atoms with Crippen molar-refractivity contribution in [2.45, 2.75) is 13.3 Å². The van der Waals surface area contributed by atoms with Crippen LogP contribution in [0.5, 0.6) is 5.75 Å². The van der Waals surface area contributed by atoms with Gasteiger partial charge >= 0.3 is 0 Å². The van der Waals surface area contributed by atoms with Crippen molar-refractivity contribution in [3.05, 3.63) is 59.7 Å². The normalized spacial score (nSPS) is 10.1. The third kappa shape index (κ3) is 5.44. The third-order valence-electron chi connectivity index (χ3n) is 3.86. The first kappa shape index (κ1) is 19.2. The van der Waals surface area contributed by atoms with Crippen LogP contribution in [0.25, 0.3) is 0 Å². The van der Waals surface area contributed by atoms with Gasteiger partial charge < -0.3 is 15.0 Å². The molecule has 136 valence electrons. The first-order chi connectivity index (χ1) is 12.5. The number of carbonyl (C=O) groups excluding carboxylic acids is 3. The number of rotatable bonds is 8. The van der Waals surface area contributed by atoms with Crippen LogP contribution in [0, 0.1) is 0 Å². The van der Waals surface area contributed by atoms with E-state index < -0.39 is 0 Å². The highest BCUT2D eigenvalue weighted by atomic mass is 16.5. The lowest BCUT2D eigenvalue weighted by atomic mass is 10.1. The number of para-hydroxylation sites is 1. The average molecular weight is 354 g/mol. The van der Waals surface area contributed by atoms with Gasteiger partial charge in [-0.05, 0) is 42.3 Å². The maximum absolute atomic E-state index is 12.2. The van der Waals surface area contributed by atoms with Crippen LogP contribution in [0.3, 0.4) is 0 Å². The van der Waals surface area contributed by atoms with Crippen LogP contribution in [0.15, 0.2) is 48.5 Å². The maximum atomic E-state index is 12.2. The van der Waals surface area contributed by atoms with Crippen molar-refractivity contribution < 1.29 is 19.1 Å². The van der Waals surface area contributed by atoms with E-state index >= 15 is 0 Å². The number of anilines is 1. The van der Waals surface area contributed by atoms with Crippen molar-refractivity contribution in [1.82, 2.24) is 4.90 Å². The fraction of sp³-hybridized carbons (Fsp3) is 0.250. The quantitative estimate of drug-likeness (QED) is 0.739. The fourth-order valence-corrected chi connectivity index (χ4v) is 2.34. The summed E-state index contributed by atoms with van der Waals surface area (Å²) in [7, 11) is 1.55. The zero-order valence-corrected chi connectivity index (χ0v) is 14.9. The number of aldehydes is 1. The van der Waals surface area contributed by atoms with Gasteiger partial charge in [0.1, 0.15) is 12.0 Å². The standard InChI is InChI=1S/C20H22N2O4/c1-3-16-6-4-5-7-18(16)21-19(24)12-22(2)20(25)14-26-17-10-8-15(13-23)9-11-17/h4-11,13H,3,12,14H2,1-2H3,(H,21,24). The predicted molar refractivity (Wildman–Crippen MR) is 99.4 cm³/mol. The van der Waals surface area contributed by atoms with Crippen LogP contribution in [-0.4, -0.2) is 43.2 Å². The number of amides is 2. The molecule has 0 aliphatic carbocycles. The van der Waals surface area contributed by atoms with Crippen LogP contribution in [-0.2, 0) is 16.0 Å². The smallest absolute Gasteiger partial charge is 0.260 e. The van der Waals surface area contributed by atoms with Crippen LogP contribution in [0.2, 0.25) is 0 Å². The van der Waals surface area contributed by atoms with E-state index in [0.29, 0.717) is 11.3 Å². The minimum Gasteiger partial charge on any atom is -0.484 e. The van der Waals surface area contributed by atoms with Crippen molar-refractivity contribution in [3.63, 3.8) is 0 Å². The van der Waals surface area contributed by atoms with E-state index in [2.05, 4.69) is 5.32 Å². The number of hydrogen-bond acceptors (Lipinski definition) is 4. The molecule has 2 aromatic rings. The number of nitrogens with zero attached hydrogens (tertiary/aromatic N) is 1. The highest BCUT2D eigenvalue weighted by molar-refractivity contribution is 5.95. The van der Waals surface area contributed by atoms with Gasteiger partial charge in [0.2, 0.25) is 5.91 Å². The van der Waals surface area contributed by atoms with Crippen LogP contribution < -0.4 is 10.1 Å². The molecular weight excluding hydrogens is 332 g/mol. The molecule has 0 saturated heterocycles. The second-order valence-corrected chi connectivity index (χ2v) is 5.78. The number of nitrogens with one attached hydrogen (secondary N) is 1. The SMILES string of the molecule is CCc1ccccc1NC(=O)CN(C)C(=O)COc1ccc(C=O)cc1. The molecule has 1 N–H and O–H groups in total. The lowest BCUT2D eigenvalue weighted by Gasteiger charge is -2.18. The Morgan fingerprint density at radius 3 is 2.46 bits per heavy atom. The molecule has 0 spiro atoms. The van der Waals surface area contributed by atoms with Crippen molar-refractivity contribution >= 4 is 23.8 Å². The molecule has 0 aliphatic rings. The molecule has 6 nitrogen and oxygen atoms in total. The van der Waals surface area contributed by atoms with Gasteiger partial charge in [-0.3, -0.25) is 14.4 Å². The highest BCUT2D eigenvalue weighted by Gasteiger charge is 2.14. The second kappa shape index (κ2) is 9.36. The summed E-state index contributed by atoms with van der Waals surface area (Å²) in [4.78, 5) is 36.2. The van der Waals surface area contributed by atoms with E-state index in [9.17, 15) is 14.4 Å². The average Bonchev–Trinajstić information content (AvgIpc) is 2.66. The van der Waals surface area contributed by atoms with Crippen LogP contribution in [0.4, 0.5) is 5.69 Å². The third-order valence-corrected chi connectivity index (χ3v) is 3.86. The Labute approximate surface area is 152 Å². The van der Waals surface area contributed by atoms with Gasteiger partial charge in [-0.25, -0.2) is 0 Å². The molecule has 2 amide bonds. The number of carbonyl (C=O) groups is 3. The van der Waals surface area contributed by atoms with E-state index in [4.69, 9.17) is 4.74 Å². The Morgan fingerprint density at radius 2 is 1.81 bits per heavy atom. The minimum atomic E-state index is -0.316. The predicted octanol–water partition coefficient (Wildman–Crippen LogP) is 2.54. The lowest BCUT2D eigenvalue weighted by molar-refractivity contribution is -0.135. The van der Waals surface area contributed by atoms with Crippen LogP contribution in [0.1, 0.15) is 22.8 Å². The molecule has 0 saturated carbocycles. The number of aryl methyl sites for hydroxylation is 1. The fourth-order valence-electron chi connectivity index (χ4n) is 2.34. The first-order valence-corrected chi connectivity index (χ1v) is 8.33. The highest BCUT2D eigenvalue weighted by Crippen LogP contribution is 2.15. The van der Waals surface area contributed by atoms with Gasteiger partial charge in [0.05, 0.1) is 6.54 Å². The zero-order chi connectivity index (χ0) is 18.9. The Morgan fingerprint density at radius 1 is 1.12 bits per heavy atom. The zero-order valence-electron chi connectivity index (χ0n) is 14.9. The summed E-state index contributed by atoms with van der Waals surface area (Å²) >= 11 is 0. The molecule has 0 radical (unpaired) electrons. The van der Waals surface area contributed by atoms with Crippen LogP contribution >= 0.6 is 0 Å². The summed E-state index contributed by atoms with van der Waals surface area (Å²) in [6, 6.07) is 14.0. The molecular formula is C20H22N2O4. The molecule has 0 fully saturated rings. The molecule has 0 heterocycles. The van der Waals surface area contributed by atoms with Gasteiger partial charge in [0.15, 0.2) is 6.61 Å². The monoisotopic (exact) mass is 354 g/mol.